The monoisotopic (exact) mass is 331 g/mol. The summed E-state index contributed by atoms with van der Waals surface area (Å²) in [5, 5.41) is 0.796. The maximum Gasteiger partial charge on any atom is 0.0497 e. The maximum absolute atomic E-state index is 5.94. The van der Waals surface area contributed by atoms with E-state index < -0.39 is 0 Å². The van der Waals surface area contributed by atoms with E-state index in [1.165, 1.54) is 5.56 Å². The minimum absolute atomic E-state index is 0.409. The highest BCUT2D eigenvalue weighted by atomic mass is 35.5. The van der Waals surface area contributed by atoms with Gasteiger partial charge in [0, 0.05) is 22.7 Å². The molecule has 0 spiro atoms. The number of hydrogen-bond acceptors (Lipinski definition) is 1. The molecule has 0 N–H and O–H groups in total. The van der Waals surface area contributed by atoms with E-state index in [1.807, 2.05) is 24.3 Å². The van der Waals surface area contributed by atoms with Crippen molar-refractivity contribution in [3.05, 3.63) is 60.2 Å². The van der Waals surface area contributed by atoms with Crippen LogP contribution in [0.1, 0.15) is 51.5 Å². The Morgan fingerprint density at radius 2 is 1.83 bits per heavy atom. The molecule has 0 radical (unpaired) electrons. The normalized spacial score (nSPS) is 13.1. The largest absolute Gasteiger partial charge is 0.286 e. The van der Waals surface area contributed by atoms with Crippen molar-refractivity contribution < 1.29 is 0 Å². The Morgan fingerprint density at radius 3 is 2.35 bits per heavy atom. The molecule has 23 heavy (non-hydrogen) atoms. The zero-order valence-electron chi connectivity index (χ0n) is 14.6. The zero-order valence-corrected chi connectivity index (χ0v) is 15.4. The van der Waals surface area contributed by atoms with Gasteiger partial charge in [-0.25, -0.2) is 0 Å². The molecule has 0 saturated carbocycles. The van der Waals surface area contributed by atoms with Crippen LogP contribution in [0.4, 0.5) is 0 Å². The van der Waals surface area contributed by atoms with Gasteiger partial charge in [-0.2, -0.15) is 0 Å². The molecule has 1 nitrogen and oxygen atoms in total. The van der Waals surface area contributed by atoms with Gasteiger partial charge in [0.1, 0.15) is 0 Å². The molecular formula is C21H30ClN. The van der Waals surface area contributed by atoms with E-state index in [0.29, 0.717) is 12.0 Å². The molecule has 1 aromatic carbocycles. The first-order valence-corrected chi connectivity index (χ1v) is 9.07. The SMILES string of the molecule is C=CCC(CCCc1ccc(Cl)cc1)C(C=C)=NC(CC)CC. The maximum atomic E-state index is 5.94. The van der Waals surface area contributed by atoms with Gasteiger partial charge in [-0.1, -0.05) is 50.2 Å². The smallest absolute Gasteiger partial charge is 0.0497 e. The van der Waals surface area contributed by atoms with Gasteiger partial charge >= 0.3 is 0 Å². The van der Waals surface area contributed by atoms with Gasteiger partial charge in [-0.15, -0.1) is 6.58 Å². The van der Waals surface area contributed by atoms with Gasteiger partial charge < -0.3 is 0 Å². The molecule has 0 aliphatic heterocycles. The van der Waals surface area contributed by atoms with E-state index >= 15 is 0 Å². The van der Waals surface area contributed by atoms with Crippen LogP contribution in [0.15, 0.2) is 54.6 Å². The van der Waals surface area contributed by atoms with Crippen LogP contribution in [0, 0.1) is 5.92 Å². The van der Waals surface area contributed by atoms with Crippen LogP contribution in [0.5, 0.6) is 0 Å². The Hall–Kier alpha value is -1.34. The molecule has 1 aromatic rings. The summed E-state index contributed by atoms with van der Waals surface area (Å²) >= 11 is 5.94. The predicted molar refractivity (Wildman–Crippen MR) is 105 cm³/mol. The molecular weight excluding hydrogens is 302 g/mol. The van der Waals surface area contributed by atoms with Crippen LogP contribution in [-0.2, 0) is 6.42 Å². The number of benzene rings is 1. The lowest BCUT2D eigenvalue weighted by molar-refractivity contribution is 0.579. The molecule has 0 amide bonds. The molecule has 0 heterocycles. The number of nitrogens with zero attached hydrogens (tertiary/aromatic N) is 1. The number of aliphatic imine (C=N–C) groups is 1. The van der Waals surface area contributed by atoms with Crippen LogP contribution >= 0.6 is 11.6 Å². The van der Waals surface area contributed by atoms with Crippen molar-refractivity contribution in [3.63, 3.8) is 0 Å². The predicted octanol–water partition coefficient (Wildman–Crippen LogP) is 6.67. The second-order valence-electron chi connectivity index (χ2n) is 5.97. The average Bonchev–Trinajstić information content (AvgIpc) is 2.57. The molecule has 126 valence electrons. The lowest BCUT2D eigenvalue weighted by Crippen LogP contribution is -2.16. The molecule has 2 heteroatoms. The van der Waals surface area contributed by atoms with Crippen LogP contribution < -0.4 is 0 Å². The lowest BCUT2D eigenvalue weighted by Gasteiger charge is -2.18. The van der Waals surface area contributed by atoms with Gasteiger partial charge in [-0.05, 0) is 62.3 Å². The molecule has 0 aromatic heterocycles. The van der Waals surface area contributed by atoms with E-state index in [-0.39, 0.29) is 0 Å². The Labute approximate surface area is 147 Å². The fourth-order valence-electron chi connectivity index (χ4n) is 2.80. The molecule has 1 unspecified atom stereocenters. The minimum atomic E-state index is 0.409. The number of allylic oxidation sites excluding steroid dienone is 2. The van der Waals surface area contributed by atoms with E-state index in [0.717, 1.165) is 49.3 Å². The Morgan fingerprint density at radius 1 is 1.17 bits per heavy atom. The molecule has 1 rings (SSSR count). The Balaban J connectivity index is 2.67. The summed E-state index contributed by atoms with van der Waals surface area (Å²) < 4.78 is 0. The fourth-order valence-corrected chi connectivity index (χ4v) is 2.92. The topological polar surface area (TPSA) is 12.4 Å². The van der Waals surface area contributed by atoms with Gasteiger partial charge in [0.25, 0.3) is 0 Å². The van der Waals surface area contributed by atoms with Crippen molar-refractivity contribution in [3.8, 4) is 0 Å². The van der Waals surface area contributed by atoms with Crippen LogP contribution in [0.2, 0.25) is 5.02 Å². The Kier molecular flexibility index (Phi) is 9.63. The first-order valence-electron chi connectivity index (χ1n) is 8.70. The third-order valence-corrected chi connectivity index (χ3v) is 4.54. The highest BCUT2D eigenvalue weighted by molar-refractivity contribution is 6.30. The van der Waals surface area contributed by atoms with Crippen molar-refractivity contribution >= 4 is 17.3 Å². The summed E-state index contributed by atoms with van der Waals surface area (Å²) in [6, 6.07) is 8.55. The van der Waals surface area contributed by atoms with Gasteiger partial charge in [0.15, 0.2) is 0 Å². The molecule has 0 saturated heterocycles. The summed E-state index contributed by atoms with van der Waals surface area (Å²) in [6.07, 6.45) is 10.4. The number of halogens is 1. The fraction of sp³-hybridized carbons (Fsp3) is 0.476. The lowest BCUT2D eigenvalue weighted by atomic mass is 9.91. The molecule has 0 aliphatic carbocycles. The first-order chi connectivity index (χ1) is 11.1. The van der Waals surface area contributed by atoms with Crippen molar-refractivity contribution in [2.24, 2.45) is 10.9 Å². The summed E-state index contributed by atoms with van der Waals surface area (Å²) in [7, 11) is 0. The average molecular weight is 332 g/mol. The van der Waals surface area contributed by atoms with Crippen molar-refractivity contribution in [2.45, 2.75) is 58.4 Å². The summed E-state index contributed by atoms with van der Waals surface area (Å²) in [5.74, 6) is 0.429. The van der Waals surface area contributed by atoms with E-state index in [9.17, 15) is 0 Å². The number of rotatable bonds is 11. The van der Waals surface area contributed by atoms with Crippen molar-refractivity contribution in [1.82, 2.24) is 0 Å². The van der Waals surface area contributed by atoms with Gasteiger partial charge in [0.05, 0.1) is 0 Å². The van der Waals surface area contributed by atoms with Crippen LogP contribution in [0.3, 0.4) is 0 Å². The minimum Gasteiger partial charge on any atom is -0.286 e. The second kappa shape index (κ2) is 11.2. The summed E-state index contributed by atoms with van der Waals surface area (Å²) in [4.78, 5) is 4.92. The molecule has 0 fully saturated rings. The summed E-state index contributed by atoms with van der Waals surface area (Å²) in [5.41, 5.74) is 2.48. The van der Waals surface area contributed by atoms with E-state index in [2.05, 4.69) is 39.1 Å². The standard InChI is InChI=1S/C21H30ClN/c1-5-10-18(21(8-4)23-20(6-2)7-3)12-9-11-17-13-15-19(22)16-14-17/h5,8,13-16,18,20H,1,4,6-7,9-12H2,2-3H3. The Bertz CT molecular complexity index is 497. The third kappa shape index (κ3) is 7.18. The van der Waals surface area contributed by atoms with E-state index in [1.54, 1.807) is 0 Å². The second-order valence-corrected chi connectivity index (χ2v) is 6.40. The number of aryl methyl sites for hydroxylation is 1. The zero-order chi connectivity index (χ0) is 17.1. The van der Waals surface area contributed by atoms with Gasteiger partial charge in [0.2, 0.25) is 0 Å². The van der Waals surface area contributed by atoms with Crippen LogP contribution in [-0.4, -0.2) is 11.8 Å². The first kappa shape index (κ1) is 19.7. The van der Waals surface area contributed by atoms with Crippen LogP contribution in [0.25, 0.3) is 0 Å². The number of hydrogen-bond donors (Lipinski definition) is 0. The molecule has 0 aliphatic rings. The summed E-state index contributed by atoms with van der Waals surface area (Å²) in [6.45, 7) is 12.3. The van der Waals surface area contributed by atoms with Crippen molar-refractivity contribution in [1.29, 1.82) is 0 Å². The highest BCUT2D eigenvalue weighted by Gasteiger charge is 2.14. The van der Waals surface area contributed by atoms with Crippen molar-refractivity contribution in [2.75, 3.05) is 0 Å². The quantitative estimate of drug-likeness (QED) is 0.317. The molecule has 0 bridgehead atoms. The highest BCUT2D eigenvalue weighted by Crippen LogP contribution is 2.20. The van der Waals surface area contributed by atoms with E-state index in [4.69, 9.17) is 16.6 Å². The molecule has 1 atom stereocenters. The van der Waals surface area contributed by atoms with Gasteiger partial charge in [-0.3, -0.25) is 4.99 Å². The third-order valence-electron chi connectivity index (χ3n) is 4.28.